The number of halogens is 4. The minimum absolute atomic E-state index is 0.00726. The van der Waals surface area contributed by atoms with Crippen LogP contribution in [0.5, 0.6) is 5.75 Å². The van der Waals surface area contributed by atoms with Crippen LogP contribution in [-0.4, -0.2) is 79.1 Å². The Bertz CT molecular complexity index is 1820. The molecule has 3 aliphatic rings. The maximum atomic E-state index is 14.7. The Morgan fingerprint density at radius 3 is 2.50 bits per heavy atom. The quantitative estimate of drug-likeness (QED) is 0.135. The van der Waals surface area contributed by atoms with Gasteiger partial charge in [0.1, 0.15) is 11.6 Å². The number of nitrogens with one attached hydrogen (secondary N) is 1. The molecule has 0 aromatic heterocycles. The van der Waals surface area contributed by atoms with Gasteiger partial charge in [-0.2, -0.15) is 0 Å². The number of carbonyl (C=O) groups is 3. The lowest BCUT2D eigenvalue weighted by Crippen LogP contribution is -2.62. The van der Waals surface area contributed by atoms with Crippen molar-refractivity contribution in [3.63, 3.8) is 0 Å². The molecule has 2 aliphatic heterocycles. The lowest BCUT2D eigenvalue weighted by molar-refractivity contribution is -0.141. The Labute approximate surface area is 310 Å². The van der Waals surface area contributed by atoms with Gasteiger partial charge in [0.2, 0.25) is 5.91 Å². The maximum absolute atomic E-state index is 14.7. The number of nitrogens with zero attached hydrogens (tertiary/aromatic N) is 2. The molecule has 2 atom stereocenters. The summed E-state index contributed by atoms with van der Waals surface area (Å²) in [4.78, 5) is 43.2. The number of carbonyl (C=O) groups excluding carboxylic acids is 3. The second kappa shape index (κ2) is 17.1. The van der Waals surface area contributed by atoms with Crippen LogP contribution in [0.25, 0.3) is 5.57 Å². The van der Waals surface area contributed by atoms with Gasteiger partial charge >= 0.3 is 5.97 Å². The van der Waals surface area contributed by atoms with Gasteiger partial charge in [-0.25, -0.2) is 13.2 Å². The summed E-state index contributed by atoms with van der Waals surface area (Å²) in [7, 11) is 1.32. The second-order valence-electron chi connectivity index (χ2n) is 13.7. The van der Waals surface area contributed by atoms with Crippen molar-refractivity contribution >= 4 is 39.3 Å². The summed E-state index contributed by atoms with van der Waals surface area (Å²) in [6, 6.07) is 16.1. The van der Waals surface area contributed by atoms with Gasteiger partial charge in [0.25, 0.3) is 5.91 Å². The normalized spacial score (nSPS) is 18.3. The van der Waals surface area contributed by atoms with E-state index in [2.05, 4.69) is 21.2 Å². The van der Waals surface area contributed by atoms with Gasteiger partial charge in [-0.05, 0) is 101 Å². The van der Waals surface area contributed by atoms with E-state index in [0.29, 0.717) is 54.8 Å². The van der Waals surface area contributed by atoms with E-state index in [1.54, 1.807) is 21.9 Å². The van der Waals surface area contributed by atoms with Crippen LogP contribution in [0, 0.1) is 17.5 Å². The fourth-order valence-corrected chi connectivity index (χ4v) is 7.47. The summed E-state index contributed by atoms with van der Waals surface area (Å²) in [5, 5.41) is 3.60. The van der Waals surface area contributed by atoms with Gasteiger partial charge < -0.3 is 24.6 Å². The van der Waals surface area contributed by atoms with Crippen molar-refractivity contribution in [1.82, 2.24) is 15.1 Å². The Balaban J connectivity index is 1.21. The molecule has 3 aromatic carbocycles. The van der Waals surface area contributed by atoms with E-state index in [0.717, 1.165) is 42.0 Å². The molecule has 1 aliphatic carbocycles. The van der Waals surface area contributed by atoms with Crippen molar-refractivity contribution in [2.75, 3.05) is 33.4 Å². The molecular formula is C40H43BrF3N3O5. The Hall–Kier alpha value is -4.16. The average molecular weight is 783 g/mol. The first kappa shape index (κ1) is 37.6. The highest BCUT2D eigenvalue weighted by Crippen LogP contribution is 2.37. The monoisotopic (exact) mass is 781 g/mol. The first-order chi connectivity index (χ1) is 25.1. The number of methoxy groups -OCH3 is 1. The molecule has 1 N–H and O–H groups in total. The number of rotatable bonds is 15. The van der Waals surface area contributed by atoms with Gasteiger partial charge in [0, 0.05) is 56.2 Å². The maximum Gasteiger partial charge on any atom is 0.305 e. The Morgan fingerprint density at radius 1 is 0.962 bits per heavy atom. The van der Waals surface area contributed by atoms with Crippen molar-refractivity contribution in [3.05, 3.63) is 105 Å². The molecule has 8 nitrogen and oxygen atoms in total. The Morgan fingerprint density at radius 2 is 1.75 bits per heavy atom. The first-order valence-corrected chi connectivity index (χ1v) is 18.6. The SMILES string of the molecule is COC(=O)CCCC(=O)N1C[C@H]2CC(c3ccc(CCCOc4cc(F)ccc4Br)cc3)=C(C(=O)N(CCc3cccc(F)c3F)C3CC3)[C@@H](C1)N2. The molecule has 52 heavy (non-hydrogen) atoms. The van der Waals surface area contributed by atoms with E-state index < -0.39 is 17.7 Å². The molecule has 12 heteroatoms. The van der Waals surface area contributed by atoms with E-state index in [4.69, 9.17) is 9.47 Å². The molecule has 276 valence electrons. The van der Waals surface area contributed by atoms with Crippen LogP contribution in [0.15, 0.2) is 70.7 Å². The lowest BCUT2D eigenvalue weighted by Gasteiger charge is -2.45. The molecule has 2 amide bonds. The van der Waals surface area contributed by atoms with Crippen molar-refractivity contribution in [2.45, 2.75) is 75.9 Å². The molecule has 0 radical (unpaired) electrons. The number of fused-ring (bicyclic) bond motifs is 2. The standard InChI is InChI=1S/C40H43BrF3N3O5/c1-51-37(49)9-3-8-36(48)46-23-29-22-31(26-12-10-25(11-13-26)5-4-20-52-35-21-28(42)14-17-32(35)41)38(34(24-46)45-29)40(50)47(30-15-16-30)19-18-27-6-2-7-33(43)39(27)44/h2,6-7,10-14,17,21,29-30,34,45H,3-5,8-9,15-16,18-20,22-24H2,1H3/t29-,34-/m1/s1. The minimum Gasteiger partial charge on any atom is -0.492 e. The molecule has 2 heterocycles. The zero-order valence-electron chi connectivity index (χ0n) is 29.1. The van der Waals surface area contributed by atoms with Crippen LogP contribution in [-0.2, 0) is 32.0 Å². The molecule has 2 bridgehead atoms. The van der Waals surface area contributed by atoms with Gasteiger partial charge in [-0.15, -0.1) is 0 Å². The summed E-state index contributed by atoms with van der Waals surface area (Å²) in [6.07, 6.45) is 4.56. The van der Waals surface area contributed by atoms with Crippen LogP contribution in [0.4, 0.5) is 13.2 Å². The van der Waals surface area contributed by atoms with E-state index in [-0.39, 0.29) is 67.1 Å². The Kier molecular flexibility index (Phi) is 12.4. The van der Waals surface area contributed by atoms with Gasteiger partial charge in [-0.3, -0.25) is 14.4 Å². The van der Waals surface area contributed by atoms with Crippen LogP contribution in [0.1, 0.15) is 61.6 Å². The third-order valence-electron chi connectivity index (χ3n) is 9.95. The van der Waals surface area contributed by atoms with Crippen molar-refractivity contribution in [3.8, 4) is 5.75 Å². The summed E-state index contributed by atoms with van der Waals surface area (Å²) in [5.41, 5.74) is 3.75. The molecule has 0 unspecified atom stereocenters. The van der Waals surface area contributed by atoms with E-state index in [1.807, 2.05) is 24.3 Å². The number of benzene rings is 3. The highest BCUT2D eigenvalue weighted by Gasteiger charge is 2.43. The van der Waals surface area contributed by atoms with E-state index >= 15 is 0 Å². The lowest BCUT2D eigenvalue weighted by atomic mass is 9.82. The molecule has 2 fully saturated rings. The fraction of sp³-hybridized carbons (Fsp3) is 0.425. The average Bonchev–Trinajstić information content (AvgIpc) is 3.98. The predicted molar refractivity (Wildman–Crippen MR) is 194 cm³/mol. The molecule has 1 saturated heterocycles. The predicted octanol–water partition coefficient (Wildman–Crippen LogP) is 6.78. The van der Waals surface area contributed by atoms with Crippen molar-refractivity contribution in [2.24, 2.45) is 0 Å². The largest absolute Gasteiger partial charge is 0.492 e. The summed E-state index contributed by atoms with van der Waals surface area (Å²) in [6.45, 7) is 1.43. The number of ether oxygens (including phenoxy) is 2. The smallest absolute Gasteiger partial charge is 0.305 e. The minimum atomic E-state index is -0.913. The molecular weight excluding hydrogens is 739 g/mol. The van der Waals surface area contributed by atoms with Gasteiger partial charge in [0.15, 0.2) is 11.6 Å². The summed E-state index contributed by atoms with van der Waals surface area (Å²) < 4.78 is 53.4. The second-order valence-corrected chi connectivity index (χ2v) is 14.5. The number of piperazine rings is 1. The molecule has 3 aromatic rings. The summed E-state index contributed by atoms with van der Waals surface area (Å²) >= 11 is 3.39. The van der Waals surface area contributed by atoms with E-state index in [9.17, 15) is 27.6 Å². The van der Waals surface area contributed by atoms with Crippen LogP contribution >= 0.6 is 15.9 Å². The van der Waals surface area contributed by atoms with E-state index in [1.165, 1.54) is 25.3 Å². The number of hydrogen-bond acceptors (Lipinski definition) is 6. The third-order valence-corrected chi connectivity index (χ3v) is 10.6. The first-order valence-electron chi connectivity index (χ1n) is 17.9. The highest BCUT2D eigenvalue weighted by atomic mass is 79.9. The zero-order chi connectivity index (χ0) is 36.8. The van der Waals surface area contributed by atoms with Gasteiger partial charge in [-0.1, -0.05) is 36.4 Å². The van der Waals surface area contributed by atoms with Gasteiger partial charge in [0.05, 0.1) is 24.2 Å². The van der Waals surface area contributed by atoms with Crippen LogP contribution < -0.4 is 10.1 Å². The number of aryl methyl sites for hydroxylation is 1. The fourth-order valence-electron chi connectivity index (χ4n) is 7.11. The van der Waals surface area contributed by atoms with Crippen LogP contribution in [0.3, 0.4) is 0 Å². The third kappa shape index (κ3) is 9.25. The number of amides is 2. The highest BCUT2D eigenvalue weighted by molar-refractivity contribution is 9.10. The molecule has 6 rings (SSSR count). The topological polar surface area (TPSA) is 88.2 Å². The zero-order valence-corrected chi connectivity index (χ0v) is 30.7. The number of hydrogen-bond donors (Lipinski definition) is 1. The summed E-state index contributed by atoms with van der Waals surface area (Å²) in [5.74, 6) is -2.31. The van der Waals surface area contributed by atoms with Crippen molar-refractivity contribution in [1.29, 1.82) is 0 Å². The number of esters is 1. The van der Waals surface area contributed by atoms with Crippen LogP contribution in [0.2, 0.25) is 0 Å². The van der Waals surface area contributed by atoms with Crippen molar-refractivity contribution < 1.29 is 37.0 Å². The molecule has 1 saturated carbocycles. The molecule has 0 spiro atoms.